The van der Waals surface area contributed by atoms with Crippen molar-refractivity contribution in [1.82, 2.24) is 0 Å². The van der Waals surface area contributed by atoms with Crippen LogP contribution in [0, 0.1) is 26.2 Å². The van der Waals surface area contributed by atoms with Gasteiger partial charge < -0.3 is 10.2 Å². The van der Waals surface area contributed by atoms with Crippen molar-refractivity contribution in [1.29, 1.82) is 0 Å². The highest BCUT2D eigenvalue weighted by Gasteiger charge is 2.46. The van der Waals surface area contributed by atoms with Gasteiger partial charge in [0.1, 0.15) is 0 Å². The first-order valence-electron chi connectivity index (χ1n) is 9.28. The first-order valence-corrected chi connectivity index (χ1v) is 9.28. The molecule has 1 heterocycles. The van der Waals surface area contributed by atoms with Crippen LogP contribution in [0.25, 0.3) is 0 Å². The Morgan fingerprint density at radius 2 is 1.72 bits per heavy atom. The topological polar surface area (TPSA) is 49.4 Å². The Balaban J connectivity index is 1.85. The van der Waals surface area contributed by atoms with Crippen LogP contribution in [0.3, 0.4) is 0 Å². The van der Waals surface area contributed by atoms with Gasteiger partial charge in [-0.2, -0.15) is 13.2 Å². The van der Waals surface area contributed by atoms with Crippen molar-refractivity contribution in [2.24, 2.45) is 5.41 Å². The predicted octanol–water partition coefficient (Wildman–Crippen LogP) is 5.01. The highest BCUT2D eigenvalue weighted by molar-refractivity contribution is 6.06. The average Bonchev–Trinajstić information content (AvgIpc) is 2.89. The molecule has 0 aromatic heterocycles. The SMILES string of the molecule is Cc1cc(NC(=O)C2(C)CC(=O)N(c3c(C)cccc3C)C2)cc(C(F)(F)F)c1. The van der Waals surface area contributed by atoms with Gasteiger partial charge in [0.15, 0.2) is 0 Å². The van der Waals surface area contributed by atoms with Gasteiger partial charge in [0.2, 0.25) is 11.8 Å². The zero-order valence-corrected chi connectivity index (χ0v) is 16.8. The number of halogens is 3. The number of rotatable bonds is 3. The maximum Gasteiger partial charge on any atom is 0.416 e. The molecule has 2 aromatic rings. The normalized spacial score (nSPS) is 19.6. The van der Waals surface area contributed by atoms with Gasteiger partial charge in [-0.1, -0.05) is 18.2 Å². The Kier molecular flexibility index (Phi) is 5.19. The maximum absolute atomic E-state index is 13.1. The molecule has 0 spiro atoms. The molecule has 1 fully saturated rings. The molecule has 0 radical (unpaired) electrons. The molecule has 7 heteroatoms. The summed E-state index contributed by atoms with van der Waals surface area (Å²) in [5.41, 5.74) is 1.23. The molecule has 2 amide bonds. The zero-order valence-electron chi connectivity index (χ0n) is 16.8. The van der Waals surface area contributed by atoms with Gasteiger partial charge in [-0.05, 0) is 62.6 Å². The predicted molar refractivity (Wildman–Crippen MR) is 106 cm³/mol. The van der Waals surface area contributed by atoms with E-state index in [2.05, 4.69) is 5.32 Å². The maximum atomic E-state index is 13.1. The lowest BCUT2D eigenvalue weighted by Crippen LogP contribution is -2.37. The summed E-state index contributed by atoms with van der Waals surface area (Å²) < 4.78 is 39.2. The Morgan fingerprint density at radius 3 is 2.31 bits per heavy atom. The third-order valence-corrected chi connectivity index (χ3v) is 5.27. The molecular weight excluding hydrogens is 381 g/mol. The minimum absolute atomic E-state index is 0.00937. The number of nitrogens with one attached hydrogen (secondary N) is 1. The van der Waals surface area contributed by atoms with E-state index < -0.39 is 23.1 Å². The summed E-state index contributed by atoms with van der Waals surface area (Å²) in [6.07, 6.45) is -4.51. The molecule has 0 aliphatic carbocycles. The summed E-state index contributed by atoms with van der Waals surface area (Å²) in [5, 5.41) is 2.58. The summed E-state index contributed by atoms with van der Waals surface area (Å²) >= 11 is 0. The average molecular weight is 404 g/mol. The molecule has 0 saturated carbocycles. The van der Waals surface area contributed by atoms with E-state index in [-0.39, 0.29) is 24.6 Å². The van der Waals surface area contributed by atoms with E-state index in [0.717, 1.165) is 28.9 Å². The van der Waals surface area contributed by atoms with Crippen molar-refractivity contribution in [3.63, 3.8) is 0 Å². The summed E-state index contributed by atoms with van der Waals surface area (Å²) in [5.74, 6) is -0.654. The third-order valence-electron chi connectivity index (χ3n) is 5.27. The minimum Gasteiger partial charge on any atom is -0.326 e. The van der Waals surface area contributed by atoms with E-state index in [0.29, 0.717) is 5.56 Å². The van der Waals surface area contributed by atoms with Crippen molar-refractivity contribution in [3.05, 3.63) is 58.7 Å². The number of aryl methyl sites for hydroxylation is 3. The van der Waals surface area contributed by atoms with Crippen LogP contribution in [0.15, 0.2) is 36.4 Å². The van der Waals surface area contributed by atoms with E-state index in [4.69, 9.17) is 0 Å². The number of amides is 2. The van der Waals surface area contributed by atoms with Gasteiger partial charge in [0.25, 0.3) is 0 Å². The van der Waals surface area contributed by atoms with Crippen molar-refractivity contribution in [3.8, 4) is 0 Å². The highest BCUT2D eigenvalue weighted by Crippen LogP contribution is 2.38. The molecule has 0 bridgehead atoms. The van der Waals surface area contributed by atoms with Crippen LogP contribution in [0.5, 0.6) is 0 Å². The van der Waals surface area contributed by atoms with Crippen LogP contribution in [0.1, 0.15) is 35.6 Å². The molecule has 1 unspecified atom stereocenters. The molecule has 154 valence electrons. The zero-order chi connectivity index (χ0) is 21.6. The van der Waals surface area contributed by atoms with Crippen LogP contribution in [-0.2, 0) is 15.8 Å². The standard InChI is InChI=1S/C22H23F3N2O2/c1-13-8-16(22(23,24)25)10-17(9-13)26-20(29)21(4)11-18(28)27(12-21)19-14(2)6-5-7-15(19)3/h5-10H,11-12H2,1-4H3,(H,26,29). The molecule has 1 saturated heterocycles. The third kappa shape index (κ3) is 4.13. The molecule has 1 aliphatic heterocycles. The van der Waals surface area contributed by atoms with Gasteiger partial charge >= 0.3 is 6.18 Å². The number of hydrogen-bond acceptors (Lipinski definition) is 2. The van der Waals surface area contributed by atoms with Gasteiger partial charge in [0.05, 0.1) is 11.0 Å². The van der Waals surface area contributed by atoms with Gasteiger partial charge in [-0.25, -0.2) is 0 Å². The number of alkyl halides is 3. The monoisotopic (exact) mass is 404 g/mol. The fourth-order valence-electron chi connectivity index (χ4n) is 3.81. The quantitative estimate of drug-likeness (QED) is 0.782. The van der Waals surface area contributed by atoms with E-state index in [9.17, 15) is 22.8 Å². The van der Waals surface area contributed by atoms with Crippen LogP contribution >= 0.6 is 0 Å². The van der Waals surface area contributed by atoms with E-state index in [1.54, 1.807) is 11.8 Å². The summed E-state index contributed by atoms with van der Waals surface area (Å²) in [6, 6.07) is 9.12. The molecule has 29 heavy (non-hydrogen) atoms. The fourth-order valence-corrected chi connectivity index (χ4v) is 3.81. The smallest absolute Gasteiger partial charge is 0.326 e. The molecule has 4 nitrogen and oxygen atoms in total. The molecule has 1 N–H and O–H groups in total. The number of para-hydroxylation sites is 1. The summed E-state index contributed by atoms with van der Waals surface area (Å²) in [6.45, 7) is 7.16. The number of hydrogen-bond donors (Lipinski definition) is 1. The molecule has 3 rings (SSSR count). The number of benzene rings is 2. The molecular formula is C22H23F3N2O2. The minimum atomic E-state index is -4.50. The summed E-state index contributed by atoms with van der Waals surface area (Å²) in [7, 11) is 0. The van der Waals surface area contributed by atoms with E-state index >= 15 is 0 Å². The largest absolute Gasteiger partial charge is 0.416 e. The first-order chi connectivity index (χ1) is 13.4. The Hall–Kier alpha value is -2.83. The van der Waals surface area contributed by atoms with E-state index in [1.807, 2.05) is 32.0 Å². The lowest BCUT2D eigenvalue weighted by atomic mass is 9.88. The second-order valence-corrected chi connectivity index (χ2v) is 8.00. The number of anilines is 2. The Bertz CT molecular complexity index is 964. The number of nitrogens with zero attached hydrogens (tertiary/aromatic N) is 1. The second-order valence-electron chi connectivity index (χ2n) is 8.00. The summed E-state index contributed by atoms with van der Waals surface area (Å²) in [4.78, 5) is 27.2. The van der Waals surface area contributed by atoms with Crippen LogP contribution in [-0.4, -0.2) is 18.4 Å². The number of carbonyl (C=O) groups excluding carboxylic acids is 2. The van der Waals surface area contributed by atoms with Gasteiger partial charge in [0, 0.05) is 24.3 Å². The van der Waals surface area contributed by atoms with Gasteiger partial charge in [-0.3, -0.25) is 9.59 Å². The van der Waals surface area contributed by atoms with Crippen LogP contribution in [0.4, 0.5) is 24.5 Å². The lowest BCUT2D eigenvalue weighted by Gasteiger charge is -2.25. The van der Waals surface area contributed by atoms with Crippen molar-refractivity contribution in [2.75, 3.05) is 16.8 Å². The van der Waals surface area contributed by atoms with Gasteiger partial charge in [-0.15, -0.1) is 0 Å². The molecule has 1 aliphatic rings. The first kappa shape index (κ1) is 20.9. The van der Waals surface area contributed by atoms with E-state index in [1.165, 1.54) is 13.0 Å². The van der Waals surface area contributed by atoms with Crippen LogP contribution < -0.4 is 10.2 Å². The van der Waals surface area contributed by atoms with Crippen LogP contribution in [0.2, 0.25) is 0 Å². The Morgan fingerprint density at radius 1 is 1.10 bits per heavy atom. The fraction of sp³-hybridized carbons (Fsp3) is 0.364. The highest BCUT2D eigenvalue weighted by atomic mass is 19.4. The Labute approximate surface area is 167 Å². The van der Waals surface area contributed by atoms with Crippen molar-refractivity contribution in [2.45, 2.75) is 40.3 Å². The van der Waals surface area contributed by atoms with Crippen molar-refractivity contribution < 1.29 is 22.8 Å². The van der Waals surface area contributed by atoms with Crippen molar-refractivity contribution >= 4 is 23.2 Å². The lowest BCUT2D eigenvalue weighted by molar-refractivity contribution is -0.137. The number of carbonyl (C=O) groups is 2. The second kappa shape index (κ2) is 7.21. The molecule has 2 aromatic carbocycles. The molecule has 1 atom stereocenters.